The number of halogens is 2. The fraction of sp³-hybridized carbons (Fsp3) is 0.455. The quantitative estimate of drug-likeness (QED) is 0.811. The molecule has 0 unspecified atom stereocenters. The third-order valence-electron chi connectivity index (χ3n) is 1.90. The first-order chi connectivity index (χ1) is 7.65. The van der Waals surface area contributed by atoms with Gasteiger partial charge in [0.1, 0.15) is 0 Å². The van der Waals surface area contributed by atoms with Crippen molar-refractivity contribution in [3.8, 4) is 0 Å². The lowest BCUT2D eigenvalue weighted by Crippen LogP contribution is -2.40. The van der Waals surface area contributed by atoms with Crippen molar-refractivity contribution in [2.24, 2.45) is 0 Å². The molecule has 0 saturated heterocycles. The Kier molecular flexibility index (Phi) is 4.80. The van der Waals surface area contributed by atoms with Gasteiger partial charge in [-0.1, -0.05) is 31.9 Å². The lowest BCUT2D eigenvalue weighted by molar-refractivity contribution is 0.491. The van der Waals surface area contributed by atoms with E-state index in [1.54, 1.807) is 18.2 Å². The van der Waals surface area contributed by atoms with E-state index in [0.29, 0.717) is 10.2 Å². The van der Waals surface area contributed by atoms with E-state index in [0.717, 1.165) is 10.0 Å². The second-order valence-electron chi connectivity index (χ2n) is 4.74. The summed E-state index contributed by atoms with van der Waals surface area (Å²) in [7, 11) is -3.48. The van der Waals surface area contributed by atoms with Gasteiger partial charge in [-0.2, -0.15) is 0 Å². The molecule has 0 saturated carbocycles. The molecule has 96 valence electrons. The molecule has 0 radical (unpaired) electrons. The van der Waals surface area contributed by atoms with Gasteiger partial charge in [0.25, 0.3) is 0 Å². The Labute approximate surface area is 119 Å². The summed E-state index contributed by atoms with van der Waals surface area (Å²) in [4.78, 5) is 0.313. The summed E-state index contributed by atoms with van der Waals surface area (Å²) in [5.41, 5.74) is 0.242. The monoisotopic (exact) mass is 383 g/mol. The highest BCUT2D eigenvalue weighted by Gasteiger charge is 2.24. The molecule has 0 amide bonds. The van der Waals surface area contributed by atoms with E-state index in [2.05, 4.69) is 36.6 Å². The highest BCUT2D eigenvalue weighted by Crippen LogP contribution is 2.23. The van der Waals surface area contributed by atoms with Gasteiger partial charge < -0.3 is 0 Å². The molecule has 0 aromatic heterocycles. The van der Waals surface area contributed by atoms with Crippen LogP contribution in [0.15, 0.2) is 27.6 Å². The zero-order chi connectivity index (χ0) is 13.3. The molecule has 0 heterocycles. The molecule has 3 nitrogen and oxygen atoms in total. The summed E-state index contributed by atoms with van der Waals surface area (Å²) >= 11 is 6.63. The van der Waals surface area contributed by atoms with Gasteiger partial charge in [-0.25, -0.2) is 13.1 Å². The Morgan fingerprint density at radius 2 is 1.88 bits per heavy atom. The van der Waals surface area contributed by atoms with Crippen LogP contribution in [0.25, 0.3) is 0 Å². The molecule has 0 fully saturated rings. The predicted molar refractivity (Wildman–Crippen MR) is 76.8 cm³/mol. The molecule has 17 heavy (non-hydrogen) atoms. The second kappa shape index (κ2) is 5.38. The highest BCUT2D eigenvalue weighted by atomic mass is 79.9. The fourth-order valence-corrected chi connectivity index (χ4v) is 4.07. The molecule has 0 spiro atoms. The van der Waals surface area contributed by atoms with Crippen LogP contribution in [0.2, 0.25) is 0 Å². The molecule has 1 rings (SSSR count). The van der Waals surface area contributed by atoms with Crippen LogP contribution < -0.4 is 4.72 Å². The lowest BCUT2D eigenvalue weighted by Gasteiger charge is -2.21. The number of rotatable bonds is 3. The van der Waals surface area contributed by atoms with Crippen molar-refractivity contribution in [3.05, 3.63) is 28.2 Å². The van der Waals surface area contributed by atoms with E-state index < -0.39 is 15.6 Å². The predicted octanol–water partition coefficient (Wildman–Crippen LogP) is 3.42. The van der Waals surface area contributed by atoms with E-state index in [4.69, 9.17) is 0 Å². The molecule has 0 aliphatic heterocycles. The number of sulfonamides is 1. The van der Waals surface area contributed by atoms with Crippen LogP contribution in [0.1, 0.15) is 26.3 Å². The van der Waals surface area contributed by atoms with E-state index >= 15 is 0 Å². The Bertz CT molecular complexity index is 507. The van der Waals surface area contributed by atoms with Gasteiger partial charge in [0.15, 0.2) is 0 Å². The minimum absolute atomic E-state index is 0.313. The molecule has 0 aliphatic rings. The van der Waals surface area contributed by atoms with Gasteiger partial charge in [0, 0.05) is 15.3 Å². The third kappa shape index (κ3) is 4.35. The van der Waals surface area contributed by atoms with Crippen LogP contribution in [0.5, 0.6) is 0 Å². The van der Waals surface area contributed by atoms with Gasteiger partial charge in [-0.3, -0.25) is 0 Å². The van der Waals surface area contributed by atoms with E-state index in [9.17, 15) is 8.42 Å². The number of nitrogens with one attached hydrogen (secondary N) is 1. The van der Waals surface area contributed by atoms with Gasteiger partial charge >= 0.3 is 0 Å². The molecule has 0 bridgehead atoms. The van der Waals surface area contributed by atoms with Gasteiger partial charge in [-0.05, 0) is 44.5 Å². The van der Waals surface area contributed by atoms with Crippen LogP contribution in [0, 0.1) is 0 Å². The van der Waals surface area contributed by atoms with Crippen molar-refractivity contribution in [2.45, 2.75) is 36.5 Å². The average molecular weight is 385 g/mol. The first-order valence-electron chi connectivity index (χ1n) is 5.04. The normalized spacial score (nSPS) is 12.8. The van der Waals surface area contributed by atoms with Crippen LogP contribution in [0.3, 0.4) is 0 Å². The summed E-state index contributed by atoms with van der Waals surface area (Å²) in [6.45, 7) is 5.45. The average Bonchev–Trinajstić information content (AvgIpc) is 2.13. The molecular weight excluding hydrogens is 370 g/mol. The van der Waals surface area contributed by atoms with E-state index in [-0.39, 0.29) is 0 Å². The zero-order valence-corrected chi connectivity index (χ0v) is 13.9. The van der Waals surface area contributed by atoms with Crippen LogP contribution in [-0.4, -0.2) is 14.0 Å². The second-order valence-corrected chi connectivity index (χ2v) is 7.87. The van der Waals surface area contributed by atoms with E-state index in [1.807, 2.05) is 20.8 Å². The lowest BCUT2D eigenvalue weighted by atomic mass is 10.1. The van der Waals surface area contributed by atoms with Gasteiger partial charge in [0.05, 0.1) is 4.90 Å². The number of alkyl halides is 1. The smallest absolute Gasteiger partial charge is 0.207 e. The SMILES string of the molecule is CC(C)(C)NS(=O)(=O)c1ccc(Br)cc1CBr. The van der Waals surface area contributed by atoms with Crippen molar-refractivity contribution >= 4 is 41.9 Å². The maximum absolute atomic E-state index is 12.2. The molecule has 1 aromatic rings. The Balaban J connectivity index is 3.24. The largest absolute Gasteiger partial charge is 0.241 e. The van der Waals surface area contributed by atoms with Crippen molar-refractivity contribution < 1.29 is 8.42 Å². The molecule has 1 aromatic carbocycles. The summed E-state index contributed by atoms with van der Waals surface area (Å²) in [6.07, 6.45) is 0. The van der Waals surface area contributed by atoms with E-state index in [1.165, 1.54) is 0 Å². The summed E-state index contributed by atoms with van der Waals surface area (Å²) in [5.74, 6) is 0. The van der Waals surface area contributed by atoms with Crippen LogP contribution in [0.4, 0.5) is 0 Å². The van der Waals surface area contributed by atoms with Crippen molar-refractivity contribution in [2.75, 3.05) is 0 Å². The maximum Gasteiger partial charge on any atom is 0.241 e. The Hall–Kier alpha value is 0.0900. The number of hydrogen-bond acceptors (Lipinski definition) is 2. The minimum Gasteiger partial charge on any atom is -0.207 e. The van der Waals surface area contributed by atoms with Gasteiger partial charge in [-0.15, -0.1) is 0 Å². The molecular formula is C11H15Br2NO2S. The summed E-state index contributed by atoms with van der Waals surface area (Å²) < 4.78 is 27.9. The first-order valence-corrected chi connectivity index (χ1v) is 8.44. The number of benzene rings is 1. The van der Waals surface area contributed by atoms with Crippen LogP contribution >= 0.6 is 31.9 Å². The zero-order valence-electron chi connectivity index (χ0n) is 9.92. The summed E-state index contributed by atoms with van der Waals surface area (Å²) in [5, 5.41) is 0.493. The van der Waals surface area contributed by atoms with Crippen molar-refractivity contribution in [1.29, 1.82) is 0 Å². The Morgan fingerprint density at radius 1 is 1.29 bits per heavy atom. The Morgan fingerprint density at radius 3 is 2.35 bits per heavy atom. The topological polar surface area (TPSA) is 46.2 Å². The first kappa shape index (κ1) is 15.1. The van der Waals surface area contributed by atoms with Crippen LogP contribution in [-0.2, 0) is 15.4 Å². The maximum atomic E-state index is 12.2. The number of hydrogen-bond donors (Lipinski definition) is 1. The highest BCUT2D eigenvalue weighted by molar-refractivity contribution is 9.10. The standard InChI is InChI=1S/C11H15Br2NO2S/c1-11(2,3)14-17(15,16)10-5-4-9(13)6-8(10)7-12/h4-6,14H,7H2,1-3H3. The minimum atomic E-state index is -3.48. The van der Waals surface area contributed by atoms with Crippen molar-refractivity contribution in [3.63, 3.8) is 0 Å². The molecule has 6 heteroatoms. The molecule has 1 N–H and O–H groups in total. The third-order valence-corrected chi connectivity index (χ3v) is 4.85. The fourth-order valence-electron chi connectivity index (χ4n) is 1.37. The molecule has 0 aliphatic carbocycles. The molecule has 0 atom stereocenters. The van der Waals surface area contributed by atoms with Gasteiger partial charge in [0.2, 0.25) is 10.0 Å². The van der Waals surface area contributed by atoms with Crippen molar-refractivity contribution in [1.82, 2.24) is 4.72 Å². The summed E-state index contributed by atoms with van der Waals surface area (Å²) in [6, 6.07) is 5.13.